The highest BCUT2D eigenvalue weighted by atomic mass is 127. The minimum atomic E-state index is -4.39. The molecule has 1 fully saturated rings. The van der Waals surface area contributed by atoms with E-state index in [1.54, 1.807) is 12.1 Å². The van der Waals surface area contributed by atoms with Gasteiger partial charge in [0.25, 0.3) is 0 Å². The summed E-state index contributed by atoms with van der Waals surface area (Å²) in [6.07, 6.45) is -2.11. The van der Waals surface area contributed by atoms with Crippen LogP contribution in [0.1, 0.15) is 25.3 Å². The molecule has 2 N–H and O–H groups in total. The van der Waals surface area contributed by atoms with Crippen molar-refractivity contribution in [3.63, 3.8) is 0 Å². The van der Waals surface area contributed by atoms with Gasteiger partial charge < -0.3 is 20.1 Å². The van der Waals surface area contributed by atoms with Gasteiger partial charge in [0.1, 0.15) is 0 Å². The average molecular weight is 487 g/mol. The third kappa shape index (κ3) is 7.08. The lowest BCUT2D eigenvalue weighted by atomic mass is 10.0. The first-order valence-electron chi connectivity index (χ1n) is 8.20. The van der Waals surface area contributed by atoms with Crippen LogP contribution >= 0.6 is 24.0 Å². The van der Waals surface area contributed by atoms with E-state index < -0.39 is 12.8 Å². The van der Waals surface area contributed by atoms with Crippen molar-refractivity contribution in [1.82, 2.24) is 4.90 Å². The molecule has 1 aromatic rings. The number of benzene rings is 1. The van der Waals surface area contributed by atoms with Gasteiger partial charge in [0.2, 0.25) is 0 Å². The van der Waals surface area contributed by atoms with Crippen LogP contribution in [-0.4, -0.2) is 43.8 Å². The molecule has 1 aliphatic heterocycles. The van der Waals surface area contributed by atoms with E-state index in [0.29, 0.717) is 18.4 Å². The van der Waals surface area contributed by atoms with Crippen molar-refractivity contribution in [2.45, 2.75) is 32.5 Å². The molecular weight excluding hydrogens is 462 g/mol. The van der Waals surface area contributed by atoms with E-state index in [1.807, 2.05) is 0 Å². The highest BCUT2D eigenvalue weighted by Crippen LogP contribution is 2.30. The van der Waals surface area contributed by atoms with Gasteiger partial charge >= 0.3 is 6.18 Å². The number of piperidine rings is 1. The zero-order valence-corrected chi connectivity index (χ0v) is 17.2. The van der Waals surface area contributed by atoms with Gasteiger partial charge in [0.05, 0.1) is 13.7 Å². The van der Waals surface area contributed by atoms with E-state index >= 15 is 0 Å². The number of alkyl halides is 3. The van der Waals surface area contributed by atoms with Gasteiger partial charge in [-0.25, -0.2) is 4.99 Å². The summed E-state index contributed by atoms with van der Waals surface area (Å²) in [4.78, 5) is 6.45. The molecule has 0 aliphatic carbocycles. The smallest absolute Gasteiger partial charge is 0.422 e. The molecule has 1 heterocycles. The normalized spacial score (nSPS) is 18.3. The molecule has 0 spiro atoms. The average Bonchev–Trinajstić information content (AvgIpc) is 2.57. The number of ether oxygens (including phenoxy) is 2. The minimum Gasteiger partial charge on any atom is -0.493 e. The highest BCUT2D eigenvalue weighted by molar-refractivity contribution is 14.0. The Balaban J connectivity index is 0.00000338. The Hall–Kier alpha value is -1.39. The van der Waals surface area contributed by atoms with Gasteiger partial charge in [-0.3, -0.25) is 0 Å². The molecule has 1 unspecified atom stereocenters. The largest absolute Gasteiger partial charge is 0.493 e. The number of halogens is 4. The molecule has 0 amide bonds. The van der Waals surface area contributed by atoms with Gasteiger partial charge in [-0.15, -0.1) is 24.0 Å². The Morgan fingerprint density at radius 3 is 2.69 bits per heavy atom. The third-order valence-corrected chi connectivity index (χ3v) is 4.02. The molecule has 5 nitrogen and oxygen atoms in total. The molecule has 0 saturated carbocycles. The van der Waals surface area contributed by atoms with Crippen LogP contribution in [0.5, 0.6) is 11.5 Å². The summed E-state index contributed by atoms with van der Waals surface area (Å²) >= 11 is 0. The van der Waals surface area contributed by atoms with Crippen LogP contribution in [0.15, 0.2) is 23.2 Å². The maximum Gasteiger partial charge on any atom is 0.422 e. The van der Waals surface area contributed by atoms with Crippen molar-refractivity contribution in [3.05, 3.63) is 23.8 Å². The van der Waals surface area contributed by atoms with Gasteiger partial charge in [0, 0.05) is 13.1 Å². The van der Waals surface area contributed by atoms with E-state index in [4.69, 9.17) is 15.2 Å². The third-order valence-electron chi connectivity index (χ3n) is 4.02. The molecule has 1 atom stereocenters. The lowest BCUT2D eigenvalue weighted by molar-refractivity contribution is -0.153. The van der Waals surface area contributed by atoms with Crippen LogP contribution in [0, 0.1) is 5.92 Å². The van der Waals surface area contributed by atoms with Crippen LogP contribution in [0.2, 0.25) is 0 Å². The van der Waals surface area contributed by atoms with E-state index in [2.05, 4.69) is 16.8 Å². The number of aliphatic imine (C=N–C) groups is 1. The van der Waals surface area contributed by atoms with Crippen LogP contribution in [0.25, 0.3) is 0 Å². The molecule has 0 bridgehead atoms. The number of rotatable bonds is 5. The Bertz CT molecular complexity index is 611. The summed E-state index contributed by atoms with van der Waals surface area (Å²) in [5.41, 5.74) is 6.83. The van der Waals surface area contributed by atoms with Crippen molar-refractivity contribution < 1.29 is 22.6 Å². The second-order valence-electron chi connectivity index (χ2n) is 6.26. The molecule has 1 saturated heterocycles. The Morgan fingerprint density at radius 1 is 1.35 bits per heavy atom. The number of hydrogen-bond donors (Lipinski definition) is 1. The van der Waals surface area contributed by atoms with Crippen molar-refractivity contribution in [2.75, 3.05) is 26.8 Å². The monoisotopic (exact) mass is 487 g/mol. The summed E-state index contributed by atoms with van der Waals surface area (Å²) in [5, 5.41) is 0. The van der Waals surface area contributed by atoms with Crippen molar-refractivity contribution >= 4 is 29.9 Å². The van der Waals surface area contributed by atoms with Gasteiger partial charge in [-0.1, -0.05) is 13.0 Å². The number of hydrogen-bond acceptors (Lipinski definition) is 3. The molecule has 2 rings (SSSR count). The number of methoxy groups -OCH3 is 1. The molecule has 9 heteroatoms. The molecule has 1 aliphatic rings. The Morgan fingerprint density at radius 2 is 2.08 bits per heavy atom. The predicted octanol–water partition coefficient (Wildman–Crippen LogP) is 3.80. The maximum absolute atomic E-state index is 12.3. The second-order valence-corrected chi connectivity index (χ2v) is 6.26. The number of likely N-dealkylation sites (tertiary alicyclic amines) is 1. The van der Waals surface area contributed by atoms with Crippen LogP contribution in [-0.2, 0) is 6.54 Å². The van der Waals surface area contributed by atoms with Crippen LogP contribution < -0.4 is 15.2 Å². The maximum atomic E-state index is 12.3. The van der Waals surface area contributed by atoms with Crippen LogP contribution in [0.4, 0.5) is 13.2 Å². The number of guanidine groups is 1. The summed E-state index contributed by atoms with van der Waals surface area (Å²) in [5.74, 6) is 1.36. The van der Waals surface area contributed by atoms with Gasteiger partial charge in [0.15, 0.2) is 24.1 Å². The van der Waals surface area contributed by atoms with E-state index in [1.165, 1.54) is 19.6 Å². The predicted molar refractivity (Wildman–Crippen MR) is 105 cm³/mol. The quantitative estimate of drug-likeness (QED) is 0.390. The topological polar surface area (TPSA) is 60.1 Å². The number of nitrogens with two attached hydrogens (primary N) is 1. The van der Waals surface area contributed by atoms with Crippen molar-refractivity contribution in [2.24, 2.45) is 16.6 Å². The highest BCUT2D eigenvalue weighted by Gasteiger charge is 2.29. The second kappa shape index (κ2) is 10.1. The molecule has 26 heavy (non-hydrogen) atoms. The fourth-order valence-corrected chi connectivity index (χ4v) is 2.76. The molecule has 1 aromatic carbocycles. The first-order valence-corrected chi connectivity index (χ1v) is 8.20. The zero-order valence-electron chi connectivity index (χ0n) is 14.9. The first kappa shape index (κ1) is 22.7. The Labute approximate surface area is 168 Å². The molecule has 0 radical (unpaired) electrons. The molecule has 0 aromatic heterocycles. The van der Waals surface area contributed by atoms with Crippen molar-refractivity contribution in [3.8, 4) is 11.5 Å². The Kier molecular flexibility index (Phi) is 8.78. The van der Waals surface area contributed by atoms with E-state index in [-0.39, 0.29) is 35.5 Å². The standard InChI is InChI=1S/C17H24F3N3O2.HI/c1-12-4-3-7-23(10-12)16(21)22-9-13-5-6-14(15(8-13)24-2)25-11-17(18,19)20;/h5-6,8,12H,3-4,7,9-11H2,1-2H3,(H2,21,22);1H. The lowest BCUT2D eigenvalue weighted by Gasteiger charge is -2.31. The fourth-order valence-electron chi connectivity index (χ4n) is 2.76. The molecular formula is C17H25F3IN3O2. The fraction of sp³-hybridized carbons (Fsp3) is 0.588. The van der Waals surface area contributed by atoms with Crippen molar-refractivity contribution in [1.29, 1.82) is 0 Å². The lowest BCUT2D eigenvalue weighted by Crippen LogP contribution is -2.43. The van der Waals surface area contributed by atoms with E-state index in [0.717, 1.165) is 25.1 Å². The number of nitrogens with zero attached hydrogens (tertiary/aromatic N) is 2. The van der Waals surface area contributed by atoms with E-state index in [9.17, 15) is 13.2 Å². The first-order chi connectivity index (χ1) is 11.8. The summed E-state index contributed by atoms with van der Waals surface area (Å²) in [7, 11) is 1.38. The summed E-state index contributed by atoms with van der Waals surface area (Å²) in [6, 6.07) is 4.72. The van der Waals surface area contributed by atoms with Gasteiger partial charge in [-0.05, 0) is 36.5 Å². The summed E-state index contributed by atoms with van der Waals surface area (Å²) in [6.45, 7) is 2.94. The van der Waals surface area contributed by atoms with Gasteiger partial charge in [-0.2, -0.15) is 13.2 Å². The molecule has 148 valence electrons. The SMILES string of the molecule is COc1cc(CN=C(N)N2CCCC(C)C2)ccc1OCC(F)(F)F.I. The minimum absolute atomic E-state index is 0. The summed E-state index contributed by atoms with van der Waals surface area (Å²) < 4.78 is 46.7. The zero-order chi connectivity index (χ0) is 18.4. The van der Waals surface area contributed by atoms with Crippen LogP contribution in [0.3, 0.4) is 0 Å².